The van der Waals surface area contributed by atoms with E-state index in [1.165, 1.54) is 31.6 Å². The Hall–Kier alpha value is -13.3. The van der Waals surface area contributed by atoms with Crippen LogP contribution < -0.4 is 43.5 Å². The molecule has 4 fully saturated rings. The van der Waals surface area contributed by atoms with Gasteiger partial charge in [-0.15, -0.1) is 0 Å². The zero-order valence-corrected chi connectivity index (χ0v) is 67.0. The zero-order valence-electron chi connectivity index (χ0n) is 67.0. The number of nitrogens with one attached hydrogen (secondary N) is 1. The van der Waals surface area contributed by atoms with Crippen molar-refractivity contribution in [2.45, 2.75) is 122 Å². The number of methoxy groups -OCH3 is 2. The Balaban J connectivity index is 0.000000140. The van der Waals surface area contributed by atoms with Crippen molar-refractivity contribution in [3.8, 4) is 86.3 Å². The van der Waals surface area contributed by atoms with Crippen LogP contribution in [0.5, 0.6) is 34.8 Å². The number of pyridine rings is 9. The molecule has 17 rings (SSSR count). The van der Waals surface area contributed by atoms with Gasteiger partial charge in [-0.3, -0.25) is 14.7 Å². The maximum absolute atomic E-state index is 14.2. The Bertz CT molecular complexity index is 5860. The van der Waals surface area contributed by atoms with Gasteiger partial charge in [-0.1, -0.05) is 12.1 Å². The Morgan fingerprint density at radius 1 is 0.622 bits per heavy atom. The molecular weight excluding hydrogens is 1520 g/mol. The molecule has 1 aliphatic carbocycles. The summed E-state index contributed by atoms with van der Waals surface area (Å²) < 4.78 is 66.7. The van der Waals surface area contributed by atoms with E-state index < -0.39 is 34.3 Å². The van der Waals surface area contributed by atoms with Crippen LogP contribution in [0.3, 0.4) is 0 Å². The van der Waals surface area contributed by atoms with E-state index in [0.29, 0.717) is 99.1 Å². The van der Waals surface area contributed by atoms with Crippen molar-refractivity contribution < 1.29 is 57.3 Å². The number of aliphatic hydroxyl groups excluding tert-OH is 1. The van der Waals surface area contributed by atoms with E-state index in [1.54, 1.807) is 111 Å². The lowest BCUT2D eigenvalue weighted by atomic mass is 9.97. The third-order valence-corrected chi connectivity index (χ3v) is 21.8. The van der Waals surface area contributed by atoms with Gasteiger partial charge in [0.15, 0.2) is 17.3 Å². The molecule has 0 radical (unpaired) electrons. The number of hydrogen-bond donors (Lipinski definition) is 4. The van der Waals surface area contributed by atoms with Crippen molar-refractivity contribution in [1.29, 1.82) is 15.8 Å². The number of halogens is 2. The molecule has 29 nitrogen and oxygen atoms in total. The molecule has 3 unspecified atom stereocenters. The fraction of sp³-hybridized carbons (Fsp3) is 0.352. The van der Waals surface area contributed by atoms with E-state index in [-0.39, 0.29) is 44.1 Å². The fourth-order valence-electron chi connectivity index (χ4n) is 16.5. The molecule has 5 aliphatic rings. The number of nitrogens with zero attached hydrogens (tertiary/aromatic N) is 18. The van der Waals surface area contributed by atoms with E-state index in [1.807, 2.05) is 73.8 Å². The van der Waals surface area contributed by atoms with Gasteiger partial charge in [-0.25, -0.2) is 47.2 Å². The summed E-state index contributed by atoms with van der Waals surface area (Å²) in [4.78, 5) is 46.4. The first-order chi connectivity index (χ1) is 57.3. The number of hydrogen-bond acceptors (Lipinski definition) is 25. The summed E-state index contributed by atoms with van der Waals surface area (Å²) in [6.07, 6.45) is 26.3. The highest BCUT2D eigenvalue weighted by atomic mass is 19.1. The topological polar surface area (TPSA) is 356 Å². The predicted molar refractivity (Wildman–Crippen MR) is 437 cm³/mol. The number of ether oxygens (including phenoxy) is 6. The highest BCUT2D eigenvalue weighted by Crippen LogP contribution is 2.46. The second kappa shape index (κ2) is 34.1. The van der Waals surface area contributed by atoms with Crippen LogP contribution in [0.1, 0.15) is 117 Å². The number of aromatic nitrogens is 12. The first kappa shape index (κ1) is 80.9. The Morgan fingerprint density at radius 2 is 1.17 bits per heavy atom. The standard InChI is InChI=1S/C32H34FN7O3.C30H32N6O4.C26H23FN6O3/c1-19-5-7-26(33)28(37-19)30(41)38-32(4)10-21-15-39(16-22(21)11-32)27-8-6-20(13-35-27)25-9-24(43-18-31(2,3)42)17-40-29(25)23(12-34)14-36-40;1-30(2,37)18-39-25-12-26(29-20(13-31)15-34-35(29)17-25)19-4-8-27(32-14-19)36-21-5-6-22(36)11-24(10-21)40-23-7-9-28(38-3)33-16-23;1-35-26-23(27)8-17(11-30-26)14-32-5-4-19(15-32)24-3-2-18(12-29-24)22-9-21(36-7-6-34)16-33-25(22)20(10-28)13-31-33/h5-9,13-14,17,21-22,42H,10-11,15-16,18H2,1-4H3,(H,38,41);4,7-9,12,14-17,21-22,24,37H,5-6,10-11,18H2,1-3H3;2-4,8-9,11-13,16,34H,5-7,14-15H2,1H3/t;21-,22+,24?;. The normalized spacial score (nSPS) is 18.7. The molecule has 16 heterocycles. The van der Waals surface area contributed by atoms with Crippen LogP contribution in [-0.2, 0) is 6.54 Å². The smallest absolute Gasteiger partial charge is 0.273 e. The van der Waals surface area contributed by atoms with Gasteiger partial charge in [-0.2, -0.15) is 31.1 Å². The molecule has 3 saturated heterocycles. The average molecular weight is 1610 g/mol. The first-order valence-corrected chi connectivity index (χ1v) is 39.2. The molecule has 4 N–H and O–H groups in total. The molecule has 12 aromatic heterocycles. The van der Waals surface area contributed by atoms with Crippen LogP contribution in [-0.4, -0.2) is 187 Å². The summed E-state index contributed by atoms with van der Waals surface area (Å²) in [5.74, 6) is 3.90. The van der Waals surface area contributed by atoms with E-state index in [2.05, 4.69) is 85.6 Å². The minimum atomic E-state index is -1.01. The van der Waals surface area contributed by atoms with E-state index in [4.69, 9.17) is 43.5 Å². The molecule has 31 heteroatoms. The Morgan fingerprint density at radius 3 is 1.65 bits per heavy atom. The lowest BCUT2D eigenvalue weighted by Gasteiger charge is -2.39. The third-order valence-electron chi connectivity index (χ3n) is 21.8. The van der Waals surface area contributed by atoms with Gasteiger partial charge in [0, 0.05) is 133 Å². The fourth-order valence-corrected chi connectivity index (χ4v) is 16.5. The zero-order chi connectivity index (χ0) is 83.4. The molecule has 1 saturated carbocycles. The number of carbonyl (C=O) groups excluding carboxylic acids is 1. The van der Waals surface area contributed by atoms with Crippen molar-refractivity contribution in [3.63, 3.8) is 0 Å². The summed E-state index contributed by atoms with van der Waals surface area (Å²) in [6.45, 7) is 14.3. The number of anilines is 2. The number of nitriles is 3. The lowest BCUT2D eigenvalue weighted by molar-refractivity contribution is 0.0280. The van der Waals surface area contributed by atoms with Gasteiger partial charge < -0.3 is 58.9 Å². The van der Waals surface area contributed by atoms with E-state index in [9.17, 15) is 39.6 Å². The van der Waals surface area contributed by atoms with Gasteiger partial charge in [0.2, 0.25) is 11.8 Å². The molecular formula is C88H89F2N19O10. The SMILES string of the molecule is COc1ccc(OC2C[C@H]3CC[C@@H](C2)N3c2ccc(-c3cc(OCC(C)(C)O)cn4ncc(C#N)c34)cn2)cn1.COc1ncc(CN2CC=C(c3ccc(-c4cc(OCCO)cn5ncc(C#N)c45)cn3)C2)cc1F.Cc1ccc(F)c(C(=O)NC2(C)CC3CN(c4ccc(-c5cc(OCC(C)(C)O)cn6ncc(C#N)c56)cn4)CC3C2)n1. The molecule has 1 amide bonds. The number of fused-ring (bicyclic) bond motifs is 6. The largest absolute Gasteiger partial charge is 0.490 e. The Kier molecular flexibility index (Phi) is 23.2. The van der Waals surface area contributed by atoms with E-state index in [0.717, 1.165) is 126 Å². The highest BCUT2D eigenvalue weighted by molar-refractivity contribution is 5.93. The number of aliphatic hydroxyl groups is 3. The molecule has 610 valence electrons. The van der Waals surface area contributed by atoms with Gasteiger partial charge in [0.25, 0.3) is 5.91 Å². The summed E-state index contributed by atoms with van der Waals surface area (Å²) in [5.41, 5.74) is 8.88. The third kappa shape index (κ3) is 18.2. The molecule has 0 aromatic carbocycles. The maximum atomic E-state index is 14.2. The Labute approximate surface area is 684 Å². The van der Waals surface area contributed by atoms with Crippen LogP contribution in [0.25, 0.3) is 55.5 Å². The summed E-state index contributed by atoms with van der Waals surface area (Å²) >= 11 is 0. The van der Waals surface area contributed by atoms with Crippen molar-refractivity contribution >= 4 is 39.7 Å². The minimum absolute atomic E-state index is 0.0103. The van der Waals surface area contributed by atoms with Crippen LogP contribution in [0.2, 0.25) is 0 Å². The molecule has 12 aromatic rings. The monoisotopic (exact) mass is 1610 g/mol. The van der Waals surface area contributed by atoms with Gasteiger partial charge in [0.05, 0.1) is 114 Å². The number of aryl methyl sites for hydroxylation is 1. The van der Waals surface area contributed by atoms with Gasteiger partial charge >= 0.3 is 0 Å². The minimum Gasteiger partial charge on any atom is -0.490 e. The van der Waals surface area contributed by atoms with Crippen molar-refractivity contribution in [3.05, 3.63) is 210 Å². The number of carbonyl (C=O) groups is 1. The van der Waals surface area contributed by atoms with Crippen LogP contribution >= 0.6 is 0 Å². The first-order valence-electron chi connectivity index (χ1n) is 39.2. The average Bonchev–Trinajstić information content (AvgIpc) is 1.64. The number of rotatable bonds is 23. The summed E-state index contributed by atoms with van der Waals surface area (Å²) in [6, 6.07) is 32.8. The molecule has 2 bridgehead atoms. The van der Waals surface area contributed by atoms with Crippen LogP contribution in [0.4, 0.5) is 20.4 Å². The van der Waals surface area contributed by atoms with Crippen LogP contribution in [0, 0.1) is 64.4 Å². The van der Waals surface area contributed by atoms with E-state index >= 15 is 0 Å². The van der Waals surface area contributed by atoms with Crippen molar-refractivity contribution in [2.24, 2.45) is 11.8 Å². The summed E-state index contributed by atoms with van der Waals surface area (Å²) in [5, 5.41) is 74.2. The van der Waals surface area contributed by atoms with Crippen LogP contribution in [0.15, 0.2) is 159 Å². The molecule has 0 spiro atoms. The quantitative estimate of drug-likeness (QED) is 0.0462. The molecule has 4 aliphatic heterocycles. The lowest BCUT2D eigenvalue weighted by Crippen LogP contribution is -2.46. The van der Waals surface area contributed by atoms with Crippen molar-refractivity contribution in [2.75, 3.05) is 76.6 Å². The predicted octanol–water partition coefficient (Wildman–Crippen LogP) is 11.8. The highest BCUT2D eigenvalue weighted by Gasteiger charge is 2.48. The second-order valence-corrected chi connectivity index (χ2v) is 32.1. The summed E-state index contributed by atoms with van der Waals surface area (Å²) in [7, 11) is 2.99. The molecule has 119 heavy (non-hydrogen) atoms. The second-order valence-electron chi connectivity index (χ2n) is 32.1. The van der Waals surface area contributed by atoms with Gasteiger partial charge in [-0.05, 0) is 163 Å². The number of piperidine rings is 1. The molecule has 5 atom stereocenters. The number of amides is 1. The maximum Gasteiger partial charge on any atom is 0.273 e. The van der Waals surface area contributed by atoms with Gasteiger partial charge in [0.1, 0.15) is 78.8 Å². The van der Waals surface area contributed by atoms with Crippen molar-refractivity contribution in [1.82, 2.24) is 69.0 Å².